The summed E-state index contributed by atoms with van der Waals surface area (Å²) in [6, 6.07) is 17.8. The summed E-state index contributed by atoms with van der Waals surface area (Å²) < 4.78 is 31.4. The summed E-state index contributed by atoms with van der Waals surface area (Å²) in [6.07, 6.45) is 0. The zero-order chi connectivity index (χ0) is 24.0. The molecule has 168 valence electrons. The third-order valence-corrected chi connectivity index (χ3v) is 5.94. The number of hydrogen-bond acceptors (Lipinski definition) is 6. The lowest BCUT2D eigenvalue weighted by atomic mass is 9.83. The van der Waals surface area contributed by atoms with Gasteiger partial charge in [0.1, 0.15) is 34.5 Å². The van der Waals surface area contributed by atoms with Crippen LogP contribution in [0.4, 0.5) is 4.39 Å². The van der Waals surface area contributed by atoms with Crippen LogP contribution < -0.4 is 15.2 Å². The highest BCUT2D eigenvalue weighted by molar-refractivity contribution is 6.31. The molecule has 1 atom stereocenters. The molecule has 3 aromatic carbocycles. The Morgan fingerprint density at radius 2 is 1.94 bits per heavy atom. The summed E-state index contributed by atoms with van der Waals surface area (Å²) in [6.45, 7) is 1.74. The summed E-state index contributed by atoms with van der Waals surface area (Å²) in [5, 5.41) is 10.9. The van der Waals surface area contributed by atoms with Crippen molar-refractivity contribution in [2.45, 2.75) is 12.8 Å². The lowest BCUT2D eigenvalue weighted by Gasteiger charge is -2.26. The number of nitrogens with zero attached hydrogens (tertiary/aromatic N) is 1. The minimum atomic E-state index is -0.762. The molecule has 0 saturated carbocycles. The van der Waals surface area contributed by atoms with E-state index in [4.69, 9.17) is 31.2 Å². The number of hydrogen-bond donors (Lipinski definition) is 1. The molecule has 1 unspecified atom stereocenters. The third-order valence-electron chi connectivity index (χ3n) is 5.70. The van der Waals surface area contributed by atoms with Gasteiger partial charge in [-0.2, -0.15) is 5.26 Å². The molecule has 0 saturated heterocycles. The lowest BCUT2D eigenvalue weighted by Crippen LogP contribution is -2.21. The number of rotatable bonds is 3. The monoisotopic (exact) mass is 474 g/mol. The van der Waals surface area contributed by atoms with Gasteiger partial charge in [-0.25, -0.2) is 9.18 Å². The SMILES string of the molecule is Cc1c(C(=O)Oc2ccc3c(c2)OC(N)=C(C#N)C3c2ccccc2F)oc2ccc(Cl)cc12. The largest absolute Gasteiger partial charge is 0.449 e. The van der Waals surface area contributed by atoms with Crippen molar-refractivity contribution in [1.29, 1.82) is 5.26 Å². The molecule has 1 aromatic heterocycles. The van der Waals surface area contributed by atoms with Crippen LogP contribution in [0.3, 0.4) is 0 Å². The molecule has 4 aromatic rings. The normalized spacial score (nSPS) is 14.9. The molecule has 0 amide bonds. The average Bonchev–Trinajstić information content (AvgIpc) is 3.14. The first kappa shape index (κ1) is 21.6. The Balaban J connectivity index is 1.50. The second-order valence-electron chi connectivity index (χ2n) is 7.73. The molecule has 0 radical (unpaired) electrons. The van der Waals surface area contributed by atoms with Crippen LogP contribution in [0, 0.1) is 24.1 Å². The molecule has 0 fully saturated rings. The Kier molecular flexibility index (Phi) is 5.23. The molecule has 6 nitrogen and oxygen atoms in total. The van der Waals surface area contributed by atoms with Crippen molar-refractivity contribution in [1.82, 2.24) is 0 Å². The van der Waals surface area contributed by atoms with Crippen LogP contribution in [0.25, 0.3) is 11.0 Å². The highest BCUT2D eigenvalue weighted by Crippen LogP contribution is 2.44. The first-order valence-electron chi connectivity index (χ1n) is 10.2. The Bertz CT molecular complexity index is 1550. The number of furan rings is 1. The summed E-state index contributed by atoms with van der Waals surface area (Å²) in [4.78, 5) is 12.8. The van der Waals surface area contributed by atoms with E-state index in [1.807, 2.05) is 6.07 Å². The third kappa shape index (κ3) is 3.54. The van der Waals surface area contributed by atoms with Gasteiger partial charge in [0.15, 0.2) is 0 Å². The zero-order valence-corrected chi connectivity index (χ0v) is 18.5. The topological polar surface area (TPSA) is 98.5 Å². The van der Waals surface area contributed by atoms with Crippen LogP contribution in [0.2, 0.25) is 5.02 Å². The lowest BCUT2D eigenvalue weighted by molar-refractivity contribution is 0.0702. The van der Waals surface area contributed by atoms with Crippen LogP contribution in [0.5, 0.6) is 11.5 Å². The maximum Gasteiger partial charge on any atom is 0.379 e. The number of halogens is 2. The molecule has 0 aliphatic carbocycles. The quantitative estimate of drug-likeness (QED) is 0.290. The van der Waals surface area contributed by atoms with Crippen molar-refractivity contribution < 1.29 is 23.1 Å². The predicted molar refractivity (Wildman–Crippen MR) is 123 cm³/mol. The number of allylic oxidation sites excluding steroid dienone is 1. The van der Waals surface area contributed by atoms with E-state index >= 15 is 0 Å². The van der Waals surface area contributed by atoms with E-state index in [0.29, 0.717) is 27.1 Å². The van der Waals surface area contributed by atoms with Gasteiger partial charge in [-0.3, -0.25) is 0 Å². The highest BCUT2D eigenvalue weighted by Gasteiger charge is 2.33. The number of fused-ring (bicyclic) bond motifs is 2. The molecule has 2 N–H and O–H groups in total. The van der Waals surface area contributed by atoms with Crippen molar-refractivity contribution in [3.05, 3.63) is 105 Å². The Hall–Kier alpha value is -4.28. The van der Waals surface area contributed by atoms with Crippen LogP contribution in [0.15, 0.2) is 76.5 Å². The second-order valence-corrected chi connectivity index (χ2v) is 8.17. The van der Waals surface area contributed by atoms with Gasteiger partial charge in [-0.05, 0) is 37.3 Å². The number of nitriles is 1. The summed E-state index contributed by atoms with van der Waals surface area (Å²) in [5.74, 6) is -1.61. The van der Waals surface area contributed by atoms with Crippen molar-refractivity contribution in [2.75, 3.05) is 0 Å². The molecular formula is C26H16ClFN2O4. The summed E-state index contributed by atoms with van der Waals surface area (Å²) >= 11 is 6.05. The average molecular weight is 475 g/mol. The first-order chi connectivity index (χ1) is 16.4. The van der Waals surface area contributed by atoms with Gasteiger partial charge in [0.2, 0.25) is 11.6 Å². The summed E-state index contributed by atoms with van der Waals surface area (Å²) in [7, 11) is 0. The van der Waals surface area contributed by atoms with Crippen LogP contribution in [0.1, 0.15) is 33.2 Å². The fourth-order valence-electron chi connectivity index (χ4n) is 4.07. The summed E-state index contributed by atoms with van der Waals surface area (Å²) in [5.41, 5.74) is 7.99. The number of nitrogens with two attached hydrogens (primary N) is 1. The predicted octanol–water partition coefficient (Wildman–Crippen LogP) is 5.97. The highest BCUT2D eigenvalue weighted by atomic mass is 35.5. The van der Waals surface area contributed by atoms with E-state index in [2.05, 4.69) is 0 Å². The van der Waals surface area contributed by atoms with Crippen LogP contribution in [-0.4, -0.2) is 5.97 Å². The van der Waals surface area contributed by atoms with Crippen LogP contribution >= 0.6 is 11.6 Å². The second kappa shape index (κ2) is 8.25. The Morgan fingerprint density at radius 3 is 2.71 bits per heavy atom. The minimum absolute atomic E-state index is 0.0475. The van der Waals surface area contributed by atoms with Gasteiger partial charge >= 0.3 is 5.97 Å². The maximum absolute atomic E-state index is 14.6. The Labute approximate surface area is 198 Å². The fourth-order valence-corrected chi connectivity index (χ4v) is 4.24. The molecule has 34 heavy (non-hydrogen) atoms. The first-order valence-corrected chi connectivity index (χ1v) is 10.6. The number of carbonyl (C=O) groups excluding carboxylic acids is 1. The number of esters is 1. The molecule has 1 aliphatic rings. The van der Waals surface area contributed by atoms with Gasteiger partial charge in [-0.1, -0.05) is 35.9 Å². The number of aryl methyl sites for hydroxylation is 1. The smallest absolute Gasteiger partial charge is 0.379 e. The van der Waals surface area contributed by atoms with Crippen molar-refractivity contribution in [3.8, 4) is 17.6 Å². The molecule has 8 heteroatoms. The van der Waals surface area contributed by atoms with E-state index in [0.717, 1.165) is 0 Å². The van der Waals surface area contributed by atoms with Gasteiger partial charge in [-0.15, -0.1) is 0 Å². The van der Waals surface area contributed by atoms with Crippen molar-refractivity contribution in [2.24, 2.45) is 5.73 Å². The molecule has 5 rings (SSSR count). The molecule has 1 aliphatic heterocycles. The molecule has 0 spiro atoms. The standard InChI is InChI=1S/C26H16ClFN2O4/c1-13-18-10-14(27)6-9-21(18)33-24(13)26(31)32-15-7-8-17-22(11-15)34-25(30)19(12-29)23(17)16-4-2-3-5-20(16)28/h2-11,23H,30H2,1H3. The van der Waals surface area contributed by atoms with E-state index < -0.39 is 17.7 Å². The fraction of sp³-hybridized carbons (Fsp3) is 0.0769. The Morgan fingerprint density at radius 1 is 1.15 bits per heavy atom. The van der Waals surface area contributed by atoms with Gasteiger partial charge in [0.25, 0.3) is 0 Å². The minimum Gasteiger partial charge on any atom is -0.449 e. The van der Waals surface area contributed by atoms with Crippen molar-refractivity contribution in [3.63, 3.8) is 0 Å². The molecular weight excluding hydrogens is 459 g/mol. The molecule has 2 heterocycles. The number of carbonyl (C=O) groups is 1. The maximum atomic E-state index is 14.6. The van der Waals surface area contributed by atoms with Gasteiger partial charge in [0.05, 0.1) is 5.92 Å². The van der Waals surface area contributed by atoms with E-state index in [1.165, 1.54) is 12.1 Å². The number of ether oxygens (including phenoxy) is 2. The van der Waals surface area contributed by atoms with Gasteiger partial charge in [0, 0.05) is 33.2 Å². The zero-order valence-electron chi connectivity index (χ0n) is 17.8. The van der Waals surface area contributed by atoms with Gasteiger partial charge < -0.3 is 19.6 Å². The van der Waals surface area contributed by atoms with E-state index in [1.54, 1.807) is 55.5 Å². The number of benzene rings is 3. The van der Waals surface area contributed by atoms with E-state index in [9.17, 15) is 14.4 Å². The molecule has 0 bridgehead atoms. The van der Waals surface area contributed by atoms with Crippen molar-refractivity contribution >= 4 is 28.5 Å². The van der Waals surface area contributed by atoms with Crippen LogP contribution in [-0.2, 0) is 0 Å². The van der Waals surface area contributed by atoms with E-state index in [-0.39, 0.29) is 34.3 Å².